The van der Waals surface area contributed by atoms with Crippen LogP contribution in [0.1, 0.15) is 63.0 Å². The Labute approximate surface area is 229 Å². The Morgan fingerprint density at radius 3 is 2.49 bits per heavy atom. The fraction of sp³-hybridized carbons (Fsp3) is 0.516. The molecule has 2 aromatic carbocycles. The summed E-state index contributed by atoms with van der Waals surface area (Å²) in [7, 11) is 0. The van der Waals surface area contributed by atoms with E-state index in [1.54, 1.807) is 11.0 Å². The number of aromatic nitrogens is 1. The zero-order chi connectivity index (χ0) is 27.2. The Hall–Kier alpha value is -3.23. The van der Waals surface area contributed by atoms with Crippen LogP contribution in [0.2, 0.25) is 0 Å². The van der Waals surface area contributed by atoms with Crippen LogP contribution in [0.25, 0.3) is 11.1 Å². The predicted octanol–water partition coefficient (Wildman–Crippen LogP) is 4.42. The molecule has 2 aliphatic rings. The Balaban J connectivity index is 1.32. The van der Waals surface area contributed by atoms with E-state index in [1.165, 1.54) is 5.56 Å². The molecule has 2 heterocycles. The molecule has 2 unspecified atom stereocenters. The second-order valence-corrected chi connectivity index (χ2v) is 11.1. The van der Waals surface area contributed by atoms with E-state index in [9.17, 15) is 14.7 Å². The van der Waals surface area contributed by atoms with Gasteiger partial charge in [0.05, 0.1) is 19.3 Å². The monoisotopic (exact) mass is 533 g/mol. The van der Waals surface area contributed by atoms with Gasteiger partial charge in [0.2, 0.25) is 17.7 Å². The highest BCUT2D eigenvalue weighted by Gasteiger charge is 2.46. The maximum atomic E-state index is 13.8. The summed E-state index contributed by atoms with van der Waals surface area (Å²) in [5, 5.41) is 14.3. The number of aliphatic hydroxyl groups excluding tert-OH is 1. The number of amides is 2. The molecule has 0 spiro atoms. The molecule has 0 bridgehead atoms. The first-order valence-corrected chi connectivity index (χ1v) is 14.2. The van der Waals surface area contributed by atoms with Crippen molar-refractivity contribution in [3.63, 3.8) is 0 Å². The summed E-state index contributed by atoms with van der Waals surface area (Å²) in [4.78, 5) is 33.4. The maximum absolute atomic E-state index is 13.8. The quantitative estimate of drug-likeness (QED) is 0.357. The molecule has 2 fully saturated rings. The molecule has 8 heteroatoms. The third-order valence-electron chi connectivity index (χ3n) is 8.09. The number of oxazole rings is 1. The summed E-state index contributed by atoms with van der Waals surface area (Å²) >= 11 is 0. The predicted molar refractivity (Wildman–Crippen MR) is 148 cm³/mol. The van der Waals surface area contributed by atoms with Crippen LogP contribution in [0.3, 0.4) is 0 Å². The van der Waals surface area contributed by atoms with Gasteiger partial charge in [-0.3, -0.25) is 9.59 Å². The number of nitrogens with one attached hydrogen (secondary N) is 1. The van der Waals surface area contributed by atoms with Gasteiger partial charge in [-0.05, 0) is 55.2 Å². The number of benzene rings is 2. The molecule has 2 N–H and O–H groups in total. The number of carbonyl (C=O) groups is 2. The van der Waals surface area contributed by atoms with Gasteiger partial charge in [-0.2, -0.15) is 0 Å². The molecular weight excluding hydrogens is 494 g/mol. The Bertz CT molecular complexity index is 1220. The summed E-state index contributed by atoms with van der Waals surface area (Å²) in [5.74, 6) is -0.495. The molecule has 1 aliphatic heterocycles. The van der Waals surface area contributed by atoms with E-state index in [1.807, 2.05) is 43.3 Å². The largest absolute Gasteiger partial charge is 0.438 e. The van der Waals surface area contributed by atoms with Crippen molar-refractivity contribution in [1.29, 1.82) is 0 Å². The molecule has 1 aliphatic carbocycles. The average Bonchev–Trinajstić information content (AvgIpc) is 3.57. The van der Waals surface area contributed by atoms with Crippen LogP contribution >= 0.6 is 0 Å². The molecule has 8 nitrogen and oxygen atoms in total. The van der Waals surface area contributed by atoms with E-state index >= 15 is 0 Å². The van der Waals surface area contributed by atoms with Gasteiger partial charge in [0.15, 0.2) is 11.7 Å². The lowest BCUT2D eigenvalue weighted by molar-refractivity contribution is -0.140. The van der Waals surface area contributed by atoms with Crippen LogP contribution in [0.4, 0.5) is 0 Å². The summed E-state index contributed by atoms with van der Waals surface area (Å²) in [6.07, 6.45) is 4.01. The third-order valence-corrected chi connectivity index (χ3v) is 8.09. The van der Waals surface area contributed by atoms with Crippen molar-refractivity contribution in [2.45, 2.75) is 64.0 Å². The van der Waals surface area contributed by atoms with E-state index in [0.717, 1.165) is 25.7 Å². The van der Waals surface area contributed by atoms with Crippen LogP contribution in [-0.4, -0.2) is 59.1 Å². The molecular formula is C31H39N3O5. The number of carbonyl (C=O) groups excluding carboxylic acids is 2. The first-order valence-electron chi connectivity index (χ1n) is 14.2. The molecule has 208 valence electrons. The van der Waals surface area contributed by atoms with Gasteiger partial charge >= 0.3 is 0 Å². The van der Waals surface area contributed by atoms with Crippen LogP contribution < -0.4 is 5.32 Å². The summed E-state index contributed by atoms with van der Waals surface area (Å²) < 4.78 is 11.2. The van der Waals surface area contributed by atoms with Crippen molar-refractivity contribution in [3.8, 4) is 0 Å². The number of fused-ring (bicyclic) bond motifs is 1. The molecule has 1 saturated heterocycles. The zero-order valence-electron chi connectivity index (χ0n) is 22.7. The number of hydrogen-bond acceptors (Lipinski definition) is 6. The highest BCUT2D eigenvalue weighted by atomic mass is 16.5. The molecule has 1 aromatic heterocycles. The molecule has 3 aromatic rings. The van der Waals surface area contributed by atoms with Gasteiger partial charge in [-0.1, -0.05) is 55.8 Å². The van der Waals surface area contributed by atoms with Gasteiger partial charge in [0.1, 0.15) is 5.52 Å². The standard InChI is InChI=1S/C31H39N3O5/c1-2-8-25(28(36)30-33-24-11-6-7-12-26(24)39-30)32-29(37)23(19-27(35)34-15-17-38-18-16-34)21-31(13-14-31)20-22-9-4-3-5-10-22/h3-7,9-12,23,25,28,36H,2,8,13-21H2,1H3,(H,32,37)/t23?,25-,28?/m0/s1. The normalized spacial score (nSPS) is 18.9. The van der Waals surface area contributed by atoms with E-state index < -0.39 is 18.1 Å². The summed E-state index contributed by atoms with van der Waals surface area (Å²) in [6.45, 7) is 4.16. The first-order chi connectivity index (χ1) is 19.0. The van der Waals surface area contributed by atoms with E-state index in [-0.39, 0.29) is 29.5 Å². The average molecular weight is 534 g/mol. The topological polar surface area (TPSA) is 105 Å². The Morgan fingerprint density at radius 2 is 1.79 bits per heavy atom. The van der Waals surface area contributed by atoms with E-state index in [0.29, 0.717) is 50.2 Å². The van der Waals surface area contributed by atoms with Crippen LogP contribution in [0.15, 0.2) is 59.0 Å². The van der Waals surface area contributed by atoms with Gasteiger partial charge in [-0.15, -0.1) is 0 Å². The maximum Gasteiger partial charge on any atom is 0.226 e. The fourth-order valence-electron chi connectivity index (χ4n) is 5.70. The number of hydrogen-bond donors (Lipinski definition) is 2. The van der Waals surface area contributed by atoms with Crippen molar-refractivity contribution in [2.75, 3.05) is 26.3 Å². The second-order valence-electron chi connectivity index (χ2n) is 11.1. The second kappa shape index (κ2) is 12.3. The number of para-hydroxylation sites is 2. The highest BCUT2D eigenvalue weighted by Crippen LogP contribution is 2.53. The molecule has 39 heavy (non-hydrogen) atoms. The van der Waals surface area contributed by atoms with Crippen molar-refractivity contribution >= 4 is 22.9 Å². The molecule has 5 rings (SSSR count). The van der Waals surface area contributed by atoms with E-state index in [4.69, 9.17) is 9.15 Å². The minimum absolute atomic E-state index is 0.0134. The highest BCUT2D eigenvalue weighted by molar-refractivity contribution is 5.86. The minimum Gasteiger partial charge on any atom is -0.438 e. The molecule has 0 radical (unpaired) electrons. The first kappa shape index (κ1) is 27.3. The lowest BCUT2D eigenvalue weighted by Gasteiger charge is -2.30. The molecule has 3 atom stereocenters. The van der Waals surface area contributed by atoms with Crippen molar-refractivity contribution in [2.24, 2.45) is 11.3 Å². The number of rotatable bonds is 12. The SMILES string of the molecule is CCC[C@H](NC(=O)C(CC(=O)N1CCOCC1)CC1(Cc2ccccc2)CC1)C(O)c1nc2ccccc2o1. The third kappa shape index (κ3) is 6.86. The van der Waals surface area contributed by atoms with Crippen LogP contribution in [0.5, 0.6) is 0 Å². The minimum atomic E-state index is -1.09. The number of nitrogens with zero attached hydrogens (tertiary/aromatic N) is 2. The van der Waals surface area contributed by atoms with Crippen LogP contribution in [-0.2, 0) is 20.7 Å². The number of aliphatic hydroxyl groups is 1. The van der Waals surface area contributed by atoms with Crippen molar-refractivity contribution in [3.05, 3.63) is 66.1 Å². The molecule has 2 amide bonds. The Kier molecular flexibility index (Phi) is 8.63. The lowest BCUT2D eigenvalue weighted by atomic mass is 9.84. The Morgan fingerprint density at radius 1 is 1.08 bits per heavy atom. The summed E-state index contributed by atoms with van der Waals surface area (Å²) in [6, 6.07) is 17.1. The van der Waals surface area contributed by atoms with Gasteiger partial charge < -0.3 is 24.5 Å². The van der Waals surface area contributed by atoms with Gasteiger partial charge in [0, 0.05) is 25.4 Å². The van der Waals surface area contributed by atoms with Crippen LogP contribution in [0, 0.1) is 11.3 Å². The summed E-state index contributed by atoms with van der Waals surface area (Å²) in [5.41, 5.74) is 2.54. The lowest BCUT2D eigenvalue weighted by Crippen LogP contribution is -2.46. The number of ether oxygens (including phenoxy) is 1. The molecule has 1 saturated carbocycles. The fourth-order valence-corrected chi connectivity index (χ4v) is 5.70. The zero-order valence-corrected chi connectivity index (χ0v) is 22.7. The van der Waals surface area contributed by atoms with Gasteiger partial charge in [-0.25, -0.2) is 4.98 Å². The van der Waals surface area contributed by atoms with Crippen molar-refractivity contribution < 1.29 is 23.8 Å². The van der Waals surface area contributed by atoms with E-state index in [2.05, 4.69) is 22.4 Å². The number of morpholine rings is 1. The smallest absolute Gasteiger partial charge is 0.226 e. The van der Waals surface area contributed by atoms with Gasteiger partial charge in [0.25, 0.3) is 0 Å². The van der Waals surface area contributed by atoms with Crippen molar-refractivity contribution in [1.82, 2.24) is 15.2 Å².